The molecule has 19 heavy (non-hydrogen) atoms. The molecule has 0 aliphatic carbocycles. The van der Waals surface area contributed by atoms with Crippen molar-refractivity contribution in [3.05, 3.63) is 24.3 Å². The summed E-state index contributed by atoms with van der Waals surface area (Å²) in [6, 6.07) is 6.59. The van der Waals surface area contributed by atoms with Crippen LogP contribution in [0.25, 0.3) is 0 Å². The molecule has 1 aromatic rings. The molecule has 2 rings (SSSR count). The van der Waals surface area contributed by atoms with Crippen molar-refractivity contribution in [1.29, 1.82) is 0 Å². The first-order valence-corrected chi connectivity index (χ1v) is 8.01. The number of methoxy groups -OCH3 is 1. The van der Waals surface area contributed by atoms with Crippen molar-refractivity contribution in [3.8, 4) is 5.75 Å². The van der Waals surface area contributed by atoms with Crippen molar-refractivity contribution in [2.24, 2.45) is 11.8 Å². The van der Waals surface area contributed by atoms with Gasteiger partial charge in [-0.25, -0.2) is 8.42 Å². The summed E-state index contributed by atoms with van der Waals surface area (Å²) in [5.41, 5.74) is 0. The van der Waals surface area contributed by atoms with Crippen molar-refractivity contribution in [1.82, 2.24) is 4.31 Å². The molecule has 0 unspecified atom stereocenters. The van der Waals surface area contributed by atoms with Crippen molar-refractivity contribution in [2.75, 3.05) is 20.2 Å². The highest BCUT2D eigenvalue weighted by Crippen LogP contribution is 2.27. The van der Waals surface area contributed by atoms with Crippen LogP contribution in [0.3, 0.4) is 0 Å². The Bertz CT molecular complexity index is 514. The molecule has 106 valence electrons. The third-order valence-corrected chi connectivity index (χ3v) is 5.38. The minimum atomic E-state index is -3.38. The molecule has 0 spiro atoms. The van der Waals surface area contributed by atoms with Crippen LogP contribution in [-0.4, -0.2) is 32.9 Å². The van der Waals surface area contributed by atoms with E-state index in [0.717, 1.165) is 6.42 Å². The van der Waals surface area contributed by atoms with E-state index in [4.69, 9.17) is 4.74 Å². The molecule has 1 fully saturated rings. The second kappa shape index (κ2) is 5.51. The second-order valence-corrected chi connectivity index (χ2v) is 7.38. The molecule has 0 aromatic heterocycles. The van der Waals surface area contributed by atoms with Gasteiger partial charge in [-0.05, 0) is 42.5 Å². The predicted octanol–water partition coefficient (Wildman–Crippen LogP) is 2.36. The van der Waals surface area contributed by atoms with Crippen LogP contribution in [-0.2, 0) is 10.0 Å². The largest absolute Gasteiger partial charge is 0.497 e. The first kappa shape index (κ1) is 14.3. The van der Waals surface area contributed by atoms with Gasteiger partial charge in [-0.3, -0.25) is 0 Å². The number of piperidine rings is 1. The van der Waals surface area contributed by atoms with Crippen LogP contribution in [0.15, 0.2) is 29.2 Å². The Kier molecular flexibility index (Phi) is 4.16. The third kappa shape index (κ3) is 3.09. The number of ether oxygens (including phenoxy) is 1. The van der Waals surface area contributed by atoms with Gasteiger partial charge in [-0.15, -0.1) is 0 Å². The Morgan fingerprint density at radius 2 is 1.63 bits per heavy atom. The number of benzene rings is 1. The van der Waals surface area contributed by atoms with Crippen LogP contribution in [0.5, 0.6) is 5.75 Å². The Morgan fingerprint density at radius 1 is 1.11 bits per heavy atom. The predicted molar refractivity (Wildman–Crippen MR) is 74.7 cm³/mol. The van der Waals surface area contributed by atoms with Crippen molar-refractivity contribution < 1.29 is 13.2 Å². The number of nitrogens with zero attached hydrogens (tertiary/aromatic N) is 1. The average molecular weight is 283 g/mol. The summed E-state index contributed by atoms with van der Waals surface area (Å²) in [4.78, 5) is 0.342. The van der Waals surface area contributed by atoms with Crippen LogP contribution >= 0.6 is 0 Å². The number of sulfonamides is 1. The Labute approximate surface area is 115 Å². The fourth-order valence-corrected chi connectivity index (χ4v) is 4.38. The van der Waals surface area contributed by atoms with Gasteiger partial charge in [0.15, 0.2) is 0 Å². The number of hydrogen-bond donors (Lipinski definition) is 0. The lowest BCUT2D eigenvalue weighted by atomic mass is 9.94. The second-order valence-electron chi connectivity index (χ2n) is 5.44. The van der Waals surface area contributed by atoms with E-state index in [-0.39, 0.29) is 0 Å². The minimum Gasteiger partial charge on any atom is -0.497 e. The molecule has 1 aromatic carbocycles. The third-order valence-electron chi connectivity index (χ3n) is 3.53. The zero-order valence-electron chi connectivity index (χ0n) is 11.7. The minimum absolute atomic E-state index is 0.342. The Balaban J connectivity index is 2.25. The summed E-state index contributed by atoms with van der Waals surface area (Å²) in [7, 11) is -1.81. The molecular formula is C14H21NO3S. The number of hydrogen-bond acceptors (Lipinski definition) is 3. The van der Waals surface area contributed by atoms with Crippen LogP contribution < -0.4 is 4.74 Å². The van der Waals surface area contributed by atoms with Gasteiger partial charge in [-0.1, -0.05) is 13.8 Å². The molecule has 1 heterocycles. The average Bonchev–Trinajstić information content (AvgIpc) is 2.37. The molecule has 5 heteroatoms. The molecular weight excluding hydrogens is 262 g/mol. The lowest BCUT2D eigenvalue weighted by Crippen LogP contribution is -2.42. The summed E-state index contributed by atoms with van der Waals surface area (Å²) in [6.07, 6.45) is 1.09. The van der Waals surface area contributed by atoms with Crippen LogP contribution in [0.2, 0.25) is 0 Å². The first-order valence-electron chi connectivity index (χ1n) is 6.57. The lowest BCUT2D eigenvalue weighted by molar-refractivity contribution is 0.222. The highest BCUT2D eigenvalue weighted by atomic mass is 32.2. The fourth-order valence-electron chi connectivity index (χ4n) is 2.70. The van der Waals surface area contributed by atoms with Gasteiger partial charge in [0.25, 0.3) is 0 Å². The summed E-state index contributed by atoms with van der Waals surface area (Å²) in [5.74, 6) is 1.49. The van der Waals surface area contributed by atoms with Gasteiger partial charge < -0.3 is 4.74 Å². The van der Waals surface area contributed by atoms with E-state index < -0.39 is 10.0 Å². The molecule has 0 radical (unpaired) electrons. The van der Waals surface area contributed by atoms with Gasteiger partial charge in [0, 0.05) is 13.1 Å². The summed E-state index contributed by atoms with van der Waals surface area (Å²) in [6.45, 7) is 5.43. The van der Waals surface area contributed by atoms with E-state index >= 15 is 0 Å². The first-order chi connectivity index (χ1) is 8.93. The van der Waals surface area contributed by atoms with E-state index in [0.29, 0.717) is 35.6 Å². The smallest absolute Gasteiger partial charge is 0.243 e. The van der Waals surface area contributed by atoms with Gasteiger partial charge in [0.2, 0.25) is 10.0 Å². The highest BCUT2D eigenvalue weighted by Gasteiger charge is 2.31. The SMILES string of the molecule is COc1ccc(S(=O)(=O)N2C[C@H](C)C[C@H](C)C2)cc1. The molecule has 1 aliphatic heterocycles. The van der Waals surface area contributed by atoms with Crippen molar-refractivity contribution in [3.63, 3.8) is 0 Å². The Morgan fingerprint density at radius 3 is 2.11 bits per heavy atom. The standard InChI is InChI=1S/C14H21NO3S/c1-11-8-12(2)10-15(9-11)19(16,17)14-6-4-13(18-3)5-7-14/h4-7,11-12H,8-10H2,1-3H3/t11-,12+. The Hall–Kier alpha value is -1.07. The normalized spacial score (nSPS) is 25.2. The quantitative estimate of drug-likeness (QED) is 0.855. The molecule has 2 atom stereocenters. The van der Waals surface area contributed by atoms with Crippen molar-refractivity contribution in [2.45, 2.75) is 25.2 Å². The molecule has 4 nitrogen and oxygen atoms in total. The zero-order valence-corrected chi connectivity index (χ0v) is 12.5. The maximum atomic E-state index is 12.6. The van der Waals surface area contributed by atoms with Gasteiger partial charge in [0.1, 0.15) is 5.75 Å². The number of rotatable bonds is 3. The van der Waals surface area contributed by atoms with E-state index in [1.807, 2.05) is 0 Å². The maximum Gasteiger partial charge on any atom is 0.243 e. The summed E-state index contributed by atoms with van der Waals surface area (Å²) < 4.78 is 31.8. The maximum absolute atomic E-state index is 12.6. The lowest BCUT2D eigenvalue weighted by Gasteiger charge is -2.34. The molecule has 0 bridgehead atoms. The fraction of sp³-hybridized carbons (Fsp3) is 0.571. The van der Waals surface area contributed by atoms with E-state index in [1.54, 1.807) is 35.7 Å². The monoisotopic (exact) mass is 283 g/mol. The van der Waals surface area contributed by atoms with Crippen LogP contribution in [0.4, 0.5) is 0 Å². The van der Waals surface area contributed by atoms with E-state index in [2.05, 4.69) is 13.8 Å². The molecule has 1 saturated heterocycles. The summed E-state index contributed by atoms with van der Waals surface area (Å²) >= 11 is 0. The van der Waals surface area contributed by atoms with Crippen molar-refractivity contribution >= 4 is 10.0 Å². The molecule has 0 amide bonds. The van der Waals surface area contributed by atoms with Crippen LogP contribution in [0.1, 0.15) is 20.3 Å². The highest BCUT2D eigenvalue weighted by molar-refractivity contribution is 7.89. The molecule has 1 aliphatic rings. The summed E-state index contributed by atoms with van der Waals surface area (Å²) in [5, 5.41) is 0. The van der Waals surface area contributed by atoms with E-state index in [9.17, 15) is 8.42 Å². The van der Waals surface area contributed by atoms with Gasteiger partial charge >= 0.3 is 0 Å². The topological polar surface area (TPSA) is 46.6 Å². The van der Waals surface area contributed by atoms with Crippen LogP contribution in [0, 0.1) is 11.8 Å². The zero-order chi connectivity index (χ0) is 14.0. The molecule has 0 saturated carbocycles. The van der Waals surface area contributed by atoms with Gasteiger partial charge in [-0.2, -0.15) is 4.31 Å². The van der Waals surface area contributed by atoms with Gasteiger partial charge in [0.05, 0.1) is 12.0 Å². The van der Waals surface area contributed by atoms with E-state index in [1.165, 1.54) is 0 Å². The molecule has 0 N–H and O–H groups in total.